The Labute approximate surface area is 120 Å². The minimum atomic E-state index is -0.518. The Morgan fingerprint density at radius 1 is 1.47 bits per heavy atom. The molecule has 0 unspecified atom stereocenters. The van der Waals surface area contributed by atoms with Crippen molar-refractivity contribution in [1.82, 2.24) is 14.7 Å². The first-order chi connectivity index (χ1) is 8.99. The average Bonchev–Trinajstić information content (AvgIpc) is 2.39. The van der Waals surface area contributed by atoms with Gasteiger partial charge in [-0.2, -0.15) is 5.10 Å². The molecule has 19 heavy (non-hydrogen) atoms. The fourth-order valence-corrected chi connectivity index (χ4v) is 1.81. The molecule has 0 aromatic carbocycles. The number of rotatable bonds is 7. The monoisotopic (exact) mass is 334 g/mol. The summed E-state index contributed by atoms with van der Waals surface area (Å²) in [6.45, 7) is 0.746. The quantitative estimate of drug-likeness (QED) is 0.613. The molecule has 0 saturated carbocycles. The molecule has 7 nitrogen and oxygen atoms in total. The van der Waals surface area contributed by atoms with Gasteiger partial charge in [0.25, 0.3) is 5.56 Å². The first-order valence-corrected chi connectivity index (χ1v) is 6.67. The summed E-state index contributed by atoms with van der Waals surface area (Å²) in [4.78, 5) is 14.0. The highest BCUT2D eigenvalue weighted by Crippen LogP contribution is 2.16. The smallest absolute Gasteiger partial charge is 0.283 e. The molecule has 1 aromatic rings. The van der Waals surface area contributed by atoms with Crippen LogP contribution in [0.2, 0.25) is 0 Å². The van der Waals surface area contributed by atoms with Crippen LogP contribution in [0.5, 0.6) is 0 Å². The lowest BCUT2D eigenvalue weighted by atomic mass is 10.3. The van der Waals surface area contributed by atoms with Gasteiger partial charge in [0.2, 0.25) is 0 Å². The molecule has 0 amide bonds. The summed E-state index contributed by atoms with van der Waals surface area (Å²) >= 11 is 3.21. The van der Waals surface area contributed by atoms with Gasteiger partial charge in [-0.1, -0.05) is 0 Å². The number of aliphatic hydroxyl groups excluding tert-OH is 2. The number of nitrogens with one attached hydrogen (secondary N) is 1. The summed E-state index contributed by atoms with van der Waals surface area (Å²) in [5.41, 5.74) is 0.209. The number of anilines is 1. The van der Waals surface area contributed by atoms with Crippen molar-refractivity contribution in [1.29, 1.82) is 0 Å². The Morgan fingerprint density at radius 3 is 2.63 bits per heavy atom. The van der Waals surface area contributed by atoms with Crippen LogP contribution < -0.4 is 10.9 Å². The maximum absolute atomic E-state index is 12.0. The van der Waals surface area contributed by atoms with Crippen molar-refractivity contribution in [2.24, 2.45) is 0 Å². The van der Waals surface area contributed by atoms with E-state index in [0.717, 1.165) is 0 Å². The number of likely N-dealkylation sites (N-methyl/N-ethyl adjacent to an activating group) is 1. The third-order valence-corrected chi connectivity index (χ3v) is 3.31. The molecule has 0 saturated heterocycles. The van der Waals surface area contributed by atoms with Crippen molar-refractivity contribution in [2.75, 3.05) is 39.2 Å². The van der Waals surface area contributed by atoms with Gasteiger partial charge in [0.15, 0.2) is 0 Å². The number of hydrogen-bond donors (Lipinski definition) is 3. The standard InChI is InChI=1S/C11H19BrN4O3/c1-15(2)3-4-16-11(19)10(12)9(5-13-16)14-8(6-17)7-18/h5,8,14,17-18H,3-4,6-7H2,1-2H3. The van der Waals surface area contributed by atoms with E-state index in [4.69, 9.17) is 10.2 Å². The van der Waals surface area contributed by atoms with Crippen molar-refractivity contribution < 1.29 is 10.2 Å². The minimum absolute atomic E-state index is 0.230. The Kier molecular flexibility index (Phi) is 6.43. The highest BCUT2D eigenvalue weighted by Gasteiger charge is 2.12. The van der Waals surface area contributed by atoms with Crippen LogP contribution in [0, 0.1) is 0 Å². The molecule has 0 aliphatic heterocycles. The minimum Gasteiger partial charge on any atom is -0.394 e. The molecule has 0 spiro atoms. The first kappa shape index (κ1) is 16.1. The maximum Gasteiger partial charge on any atom is 0.283 e. The second kappa shape index (κ2) is 7.59. The van der Waals surface area contributed by atoms with E-state index in [9.17, 15) is 4.79 Å². The molecular formula is C11H19BrN4O3. The fraction of sp³-hybridized carbons (Fsp3) is 0.636. The second-order valence-corrected chi connectivity index (χ2v) is 5.20. The van der Waals surface area contributed by atoms with Crippen LogP contribution in [-0.4, -0.2) is 64.8 Å². The number of aliphatic hydroxyl groups is 2. The molecule has 0 bridgehead atoms. The average molecular weight is 335 g/mol. The zero-order valence-electron chi connectivity index (χ0n) is 11.0. The molecule has 0 atom stereocenters. The van der Waals surface area contributed by atoms with Crippen LogP contribution >= 0.6 is 15.9 Å². The largest absolute Gasteiger partial charge is 0.394 e. The van der Waals surface area contributed by atoms with Gasteiger partial charge in [-0.15, -0.1) is 0 Å². The van der Waals surface area contributed by atoms with Gasteiger partial charge < -0.3 is 20.4 Å². The molecule has 8 heteroatoms. The number of aromatic nitrogens is 2. The number of nitrogens with zero attached hydrogens (tertiary/aromatic N) is 3. The summed E-state index contributed by atoms with van der Waals surface area (Å²) in [5, 5.41) is 24.9. The van der Waals surface area contributed by atoms with E-state index in [1.165, 1.54) is 10.9 Å². The summed E-state index contributed by atoms with van der Waals surface area (Å²) in [5.74, 6) is 0. The molecule has 1 heterocycles. The van der Waals surface area contributed by atoms with E-state index in [2.05, 4.69) is 26.3 Å². The lowest BCUT2D eigenvalue weighted by Crippen LogP contribution is -2.32. The Bertz CT molecular complexity index is 460. The van der Waals surface area contributed by atoms with Gasteiger partial charge in [0, 0.05) is 6.54 Å². The molecule has 0 aliphatic rings. The van der Waals surface area contributed by atoms with Crippen molar-refractivity contribution in [3.05, 3.63) is 21.0 Å². The normalized spacial score (nSPS) is 11.3. The Balaban J connectivity index is 2.88. The highest BCUT2D eigenvalue weighted by atomic mass is 79.9. The predicted molar refractivity (Wildman–Crippen MR) is 76.3 cm³/mol. The number of hydrogen-bond acceptors (Lipinski definition) is 6. The lowest BCUT2D eigenvalue weighted by Gasteiger charge is -2.16. The zero-order chi connectivity index (χ0) is 14.4. The third kappa shape index (κ3) is 4.57. The molecular weight excluding hydrogens is 316 g/mol. The summed E-state index contributed by atoms with van der Waals surface area (Å²) < 4.78 is 1.70. The molecule has 0 radical (unpaired) electrons. The summed E-state index contributed by atoms with van der Waals surface area (Å²) in [7, 11) is 3.84. The van der Waals surface area contributed by atoms with Crippen LogP contribution in [0.3, 0.4) is 0 Å². The topological polar surface area (TPSA) is 90.6 Å². The molecule has 108 valence electrons. The van der Waals surface area contributed by atoms with Gasteiger partial charge >= 0.3 is 0 Å². The molecule has 1 rings (SSSR count). The van der Waals surface area contributed by atoms with E-state index in [0.29, 0.717) is 23.2 Å². The van der Waals surface area contributed by atoms with Crippen molar-refractivity contribution in [3.8, 4) is 0 Å². The van der Waals surface area contributed by atoms with Crippen LogP contribution in [0.15, 0.2) is 15.5 Å². The van der Waals surface area contributed by atoms with Crippen LogP contribution in [-0.2, 0) is 6.54 Å². The second-order valence-electron chi connectivity index (χ2n) is 4.41. The summed E-state index contributed by atoms with van der Waals surface area (Å²) in [6, 6.07) is -0.518. The van der Waals surface area contributed by atoms with Gasteiger partial charge in [0.05, 0.1) is 37.7 Å². The maximum atomic E-state index is 12.0. The van der Waals surface area contributed by atoms with E-state index in [-0.39, 0.29) is 18.8 Å². The van der Waals surface area contributed by atoms with Gasteiger partial charge in [-0.05, 0) is 30.0 Å². The van der Waals surface area contributed by atoms with E-state index < -0.39 is 6.04 Å². The van der Waals surface area contributed by atoms with Crippen LogP contribution in [0.25, 0.3) is 0 Å². The van der Waals surface area contributed by atoms with Crippen LogP contribution in [0.1, 0.15) is 0 Å². The fourth-order valence-electron chi connectivity index (χ4n) is 1.39. The molecule has 0 fully saturated rings. The number of halogens is 1. The van der Waals surface area contributed by atoms with Gasteiger partial charge in [-0.25, -0.2) is 4.68 Å². The molecule has 3 N–H and O–H groups in total. The van der Waals surface area contributed by atoms with E-state index in [1.807, 2.05) is 19.0 Å². The third-order valence-electron chi connectivity index (χ3n) is 2.54. The SMILES string of the molecule is CN(C)CCn1ncc(NC(CO)CO)c(Br)c1=O. The molecule has 1 aromatic heterocycles. The first-order valence-electron chi connectivity index (χ1n) is 5.88. The van der Waals surface area contributed by atoms with Crippen molar-refractivity contribution in [3.63, 3.8) is 0 Å². The summed E-state index contributed by atoms with van der Waals surface area (Å²) in [6.07, 6.45) is 1.50. The lowest BCUT2D eigenvalue weighted by molar-refractivity contribution is 0.204. The Morgan fingerprint density at radius 2 is 2.11 bits per heavy atom. The van der Waals surface area contributed by atoms with E-state index in [1.54, 1.807) is 0 Å². The highest BCUT2D eigenvalue weighted by molar-refractivity contribution is 9.10. The van der Waals surface area contributed by atoms with Crippen molar-refractivity contribution in [2.45, 2.75) is 12.6 Å². The molecule has 0 aliphatic carbocycles. The van der Waals surface area contributed by atoms with Gasteiger partial charge in [-0.3, -0.25) is 4.79 Å². The van der Waals surface area contributed by atoms with Crippen LogP contribution in [0.4, 0.5) is 5.69 Å². The van der Waals surface area contributed by atoms with E-state index >= 15 is 0 Å². The zero-order valence-corrected chi connectivity index (χ0v) is 12.6. The van der Waals surface area contributed by atoms with Crippen molar-refractivity contribution >= 4 is 21.6 Å². The Hall–Kier alpha value is -0.960. The predicted octanol–water partition coefficient (Wildman–Crippen LogP) is -0.667. The van der Waals surface area contributed by atoms with Gasteiger partial charge in [0.1, 0.15) is 4.47 Å².